The molecule has 9 nitrogen and oxygen atoms in total. The summed E-state index contributed by atoms with van der Waals surface area (Å²) in [5.41, 5.74) is -0.134. The fraction of sp³-hybridized carbons (Fsp3) is 0.594. The number of nitrogens with one attached hydrogen (secondary N) is 2. The topological polar surface area (TPSA) is 101 Å². The summed E-state index contributed by atoms with van der Waals surface area (Å²) in [6, 6.07) is 8.53. The minimum Gasteiger partial charge on any atom is -0.384 e. The molecule has 0 unspecified atom stereocenters. The second kappa shape index (κ2) is 13.8. The Bertz CT molecular complexity index is 1270. The van der Waals surface area contributed by atoms with Crippen LogP contribution >= 0.6 is 0 Å². The van der Waals surface area contributed by atoms with Gasteiger partial charge in [-0.05, 0) is 88.9 Å². The van der Waals surface area contributed by atoms with Crippen molar-refractivity contribution in [1.29, 1.82) is 0 Å². The third kappa shape index (κ3) is 7.89. The largest absolute Gasteiger partial charge is 0.416 e. The summed E-state index contributed by atoms with van der Waals surface area (Å²) in [6.07, 6.45) is 2.76. The fourth-order valence-electron chi connectivity index (χ4n) is 6.58. The monoisotopic (exact) mass is 616 g/mol. The first-order chi connectivity index (χ1) is 21.0. The lowest BCUT2D eigenvalue weighted by Gasteiger charge is -2.37. The second-order valence-electron chi connectivity index (χ2n) is 12.4. The number of carbonyl (C=O) groups excluding carboxylic acids is 2. The van der Waals surface area contributed by atoms with Crippen molar-refractivity contribution >= 4 is 17.5 Å². The maximum absolute atomic E-state index is 13.0. The van der Waals surface area contributed by atoms with E-state index in [0.717, 1.165) is 88.3 Å². The molecule has 1 aromatic heterocycles. The van der Waals surface area contributed by atoms with Crippen LogP contribution in [0.25, 0.3) is 0 Å². The number of anilines is 1. The minimum atomic E-state index is -4.55. The molecular formula is C32H43F3N6O3. The van der Waals surface area contributed by atoms with E-state index in [1.54, 1.807) is 4.90 Å². The van der Waals surface area contributed by atoms with Crippen LogP contribution in [0.5, 0.6) is 0 Å². The van der Waals surface area contributed by atoms with Gasteiger partial charge in [0, 0.05) is 50.4 Å². The van der Waals surface area contributed by atoms with Crippen molar-refractivity contribution in [1.82, 2.24) is 25.4 Å². The zero-order valence-corrected chi connectivity index (χ0v) is 25.3. The van der Waals surface area contributed by atoms with Gasteiger partial charge in [0.25, 0.3) is 5.91 Å². The summed E-state index contributed by atoms with van der Waals surface area (Å²) < 4.78 is 38.9. The number of pyridine rings is 1. The van der Waals surface area contributed by atoms with E-state index in [4.69, 9.17) is 0 Å². The van der Waals surface area contributed by atoms with Crippen LogP contribution in [0, 0.1) is 0 Å². The standard InChI is InChI=1S/C32H43F3N6O3/c1-39-16-18-40(19-17-39)27-7-8-28(37-21-27)31(44)12-9-25(10-13-31)36-14-11-26-6-3-15-41(26)29(42)22-38-30(43)23-4-2-5-24(20-23)32(33,34)35/h2,4-5,7-8,20-21,25-26,36,44H,3,6,9-19,22H2,1H3,(H,38,43)/t25?,26-,31?/m1/s1. The van der Waals surface area contributed by atoms with Crippen LogP contribution in [0.15, 0.2) is 42.6 Å². The zero-order chi connectivity index (χ0) is 31.3. The third-order valence-electron chi connectivity index (χ3n) is 9.37. The number of rotatable bonds is 9. The lowest BCUT2D eigenvalue weighted by atomic mass is 9.80. The number of amides is 2. The molecule has 2 aromatic rings. The Morgan fingerprint density at radius 1 is 1.05 bits per heavy atom. The maximum atomic E-state index is 13.0. The summed E-state index contributed by atoms with van der Waals surface area (Å²) in [7, 11) is 2.13. The van der Waals surface area contributed by atoms with E-state index < -0.39 is 23.2 Å². The summed E-state index contributed by atoms with van der Waals surface area (Å²) in [5, 5.41) is 17.4. The number of benzene rings is 1. The lowest BCUT2D eigenvalue weighted by Crippen LogP contribution is -2.45. The van der Waals surface area contributed by atoms with Crippen molar-refractivity contribution in [3.05, 3.63) is 59.4 Å². The summed E-state index contributed by atoms with van der Waals surface area (Å²) in [4.78, 5) is 36.4. The average Bonchev–Trinajstić information content (AvgIpc) is 3.49. The van der Waals surface area contributed by atoms with Crippen LogP contribution in [0.4, 0.5) is 18.9 Å². The number of piperazine rings is 1. The highest BCUT2D eigenvalue weighted by Crippen LogP contribution is 2.37. The predicted molar refractivity (Wildman–Crippen MR) is 161 cm³/mol. The number of aliphatic hydroxyl groups is 1. The van der Waals surface area contributed by atoms with Crippen LogP contribution in [-0.2, 0) is 16.6 Å². The Labute approximate surface area is 256 Å². The Hall–Kier alpha value is -3.22. The minimum absolute atomic E-state index is 0.0454. The summed E-state index contributed by atoms with van der Waals surface area (Å²) in [6.45, 7) is 5.07. The molecule has 3 fully saturated rings. The van der Waals surface area contributed by atoms with Gasteiger partial charge in [0.05, 0.1) is 29.7 Å². The van der Waals surface area contributed by atoms with Gasteiger partial charge < -0.3 is 30.4 Å². The molecule has 1 aromatic carbocycles. The van der Waals surface area contributed by atoms with Crippen molar-refractivity contribution in [3.8, 4) is 0 Å². The molecule has 1 atom stereocenters. The van der Waals surface area contributed by atoms with Crippen LogP contribution < -0.4 is 15.5 Å². The number of aromatic nitrogens is 1. The highest BCUT2D eigenvalue weighted by atomic mass is 19.4. The van der Waals surface area contributed by atoms with Gasteiger partial charge in [-0.1, -0.05) is 6.07 Å². The Morgan fingerprint density at radius 3 is 2.48 bits per heavy atom. The molecule has 44 heavy (non-hydrogen) atoms. The molecule has 0 radical (unpaired) electrons. The number of likely N-dealkylation sites (N-methyl/N-ethyl adjacent to an activating group) is 1. The Kier molecular flexibility index (Phi) is 10.1. The van der Waals surface area contributed by atoms with Gasteiger partial charge in [-0.3, -0.25) is 14.6 Å². The fourth-order valence-corrected chi connectivity index (χ4v) is 6.58. The SMILES string of the molecule is CN1CCN(c2ccc(C3(O)CCC(NCC[C@H]4CCCN4C(=O)CNC(=O)c4cccc(C(F)(F)F)c4)CC3)nc2)CC1. The smallest absolute Gasteiger partial charge is 0.384 e. The zero-order valence-electron chi connectivity index (χ0n) is 25.3. The molecule has 1 saturated carbocycles. The molecule has 2 saturated heterocycles. The van der Waals surface area contributed by atoms with E-state index in [2.05, 4.69) is 38.5 Å². The van der Waals surface area contributed by atoms with E-state index in [9.17, 15) is 27.9 Å². The van der Waals surface area contributed by atoms with Crippen LogP contribution in [0.2, 0.25) is 0 Å². The van der Waals surface area contributed by atoms with Crippen molar-refractivity contribution in [2.45, 2.75) is 68.8 Å². The molecule has 3 N–H and O–H groups in total. The van der Waals surface area contributed by atoms with Gasteiger partial charge in [-0.2, -0.15) is 13.2 Å². The highest BCUT2D eigenvalue weighted by Gasteiger charge is 2.36. The summed E-state index contributed by atoms with van der Waals surface area (Å²) in [5.74, 6) is -0.943. The average molecular weight is 617 g/mol. The molecule has 5 rings (SSSR count). The lowest BCUT2D eigenvalue weighted by molar-refractivity contribution is -0.137. The third-order valence-corrected chi connectivity index (χ3v) is 9.37. The number of carbonyl (C=O) groups is 2. The van der Waals surface area contributed by atoms with Gasteiger partial charge in [0.2, 0.25) is 5.91 Å². The molecule has 1 aliphatic carbocycles. The first-order valence-electron chi connectivity index (χ1n) is 15.6. The number of hydrogen-bond acceptors (Lipinski definition) is 7. The van der Waals surface area contributed by atoms with Crippen molar-refractivity contribution in [3.63, 3.8) is 0 Å². The van der Waals surface area contributed by atoms with Gasteiger partial charge in [0.1, 0.15) is 5.60 Å². The molecule has 2 amide bonds. The Morgan fingerprint density at radius 2 is 1.80 bits per heavy atom. The molecule has 0 spiro atoms. The van der Waals surface area contributed by atoms with Crippen molar-refractivity contribution in [2.75, 3.05) is 57.8 Å². The van der Waals surface area contributed by atoms with Crippen molar-refractivity contribution < 1.29 is 27.9 Å². The normalized spacial score (nSPS) is 24.8. The molecule has 3 aliphatic rings. The van der Waals surface area contributed by atoms with Gasteiger partial charge in [-0.15, -0.1) is 0 Å². The van der Waals surface area contributed by atoms with Gasteiger partial charge >= 0.3 is 6.18 Å². The molecular weight excluding hydrogens is 573 g/mol. The van der Waals surface area contributed by atoms with Gasteiger partial charge in [-0.25, -0.2) is 0 Å². The highest BCUT2D eigenvalue weighted by molar-refractivity contribution is 5.96. The number of alkyl halides is 3. The quantitative estimate of drug-likeness (QED) is 0.397. The van der Waals surface area contributed by atoms with E-state index in [-0.39, 0.29) is 30.1 Å². The van der Waals surface area contributed by atoms with Crippen molar-refractivity contribution in [2.24, 2.45) is 0 Å². The van der Waals surface area contributed by atoms with E-state index in [1.165, 1.54) is 12.1 Å². The summed E-state index contributed by atoms with van der Waals surface area (Å²) >= 11 is 0. The van der Waals surface area contributed by atoms with Crippen LogP contribution in [0.3, 0.4) is 0 Å². The molecule has 3 heterocycles. The Balaban J connectivity index is 1.03. The predicted octanol–water partition coefficient (Wildman–Crippen LogP) is 3.38. The molecule has 2 aliphatic heterocycles. The number of likely N-dealkylation sites (tertiary alicyclic amines) is 1. The number of hydrogen-bond donors (Lipinski definition) is 3. The van der Waals surface area contributed by atoms with E-state index >= 15 is 0 Å². The molecule has 12 heteroatoms. The second-order valence-corrected chi connectivity index (χ2v) is 12.4. The molecule has 240 valence electrons. The number of nitrogens with zero attached hydrogens (tertiary/aromatic N) is 4. The first-order valence-corrected chi connectivity index (χ1v) is 15.6. The van der Waals surface area contributed by atoms with Crippen LogP contribution in [-0.4, -0.2) is 96.6 Å². The van der Waals surface area contributed by atoms with E-state index in [1.807, 2.05) is 12.3 Å². The first kappa shape index (κ1) is 32.2. The van der Waals surface area contributed by atoms with Crippen LogP contribution in [0.1, 0.15) is 66.6 Å². The molecule has 0 bridgehead atoms. The van der Waals surface area contributed by atoms with Gasteiger partial charge in [0.15, 0.2) is 0 Å². The number of halogens is 3. The maximum Gasteiger partial charge on any atom is 0.416 e. The van der Waals surface area contributed by atoms with E-state index in [0.29, 0.717) is 19.4 Å².